The average Bonchev–Trinajstić information content (AvgIpc) is 2.93. The van der Waals surface area contributed by atoms with E-state index < -0.39 is 0 Å². The van der Waals surface area contributed by atoms with Gasteiger partial charge in [-0.1, -0.05) is 6.92 Å². The fourth-order valence-electron chi connectivity index (χ4n) is 5.45. The lowest BCUT2D eigenvalue weighted by Gasteiger charge is -2.34. The molecule has 0 atom stereocenters. The van der Waals surface area contributed by atoms with Crippen LogP contribution in [0, 0.1) is 6.92 Å². The Hall–Kier alpha value is -3.66. The number of aromatic nitrogens is 3. The standard InChI is InChI=1S/C28H37N7O3/c1-5-25(36)34-10-8-20(9-11-34)35-26(37)16-19(2)22-18-29-28(31-27(22)35)30-23-7-6-21(17-24(23)38-4)33-14-12-32(3)13-15-33/h6-7,16-18,20H,5,8-15H2,1-4H3,(H,29,30,31). The van der Waals surface area contributed by atoms with Crippen molar-refractivity contribution in [3.8, 4) is 5.75 Å². The van der Waals surface area contributed by atoms with Gasteiger partial charge in [0.15, 0.2) is 0 Å². The molecule has 1 amide bonds. The fourth-order valence-corrected chi connectivity index (χ4v) is 5.45. The van der Waals surface area contributed by atoms with Gasteiger partial charge in [0, 0.05) is 81.1 Å². The quantitative estimate of drug-likeness (QED) is 0.531. The van der Waals surface area contributed by atoms with Crippen LogP contribution in [-0.2, 0) is 4.79 Å². The van der Waals surface area contributed by atoms with Crippen LogP contribution in [0.5, 0.6) is 5.75 Å². The van der Waals surface area contributed by atoms with Gasteiger partial charge in [-0.15, -0.1) is 0 Å². The van der Waals surface area contributed by atoms with Gasteiger partial charge in [0.05, 0.1) is 12.8 Å². The normalized spacial score (nSPS) is 17.2. The largest absolute Gasteiger partial charge is 0.494 e. The Labute approximate surface area is 223 Å². The summed E-state index contributed by atoms with van der Waals surface area (Å²) in [7, 11) is 3.80. The number of fused-ring (bicyclic) bond motifs is 1. The second-order valence-electron chi connectivity index (χ2n) is 10.2. The van der Waals surface area contributed by atoms with Crippen molar-refractivity contribution in [2.75, 3.05) is 63.6 Å². The molecule has 1 N–H and O–H groups in total. The number of nitrogens with one attached hydrogen (secondary N) is 1. The number of amides is 1. The Morgan fingerprint density at radius 2 is 1.84 bits per heavy atom. The molecule has 0 spiro atoms. The molecule has 1 aromatic carbocycles. The van der Waals surface area contributed by atoms with Gasteiger partial charge >= 0.3 is 0 Å². The number of nitrogens with zero attached hydrogens (tertiary/aromatic N) is 6. The SMILES string of the molecule is CCC(=O)N1CCC(n2c(=O)cc(C)c3cnc(Nc4ccc(N5CCN(C)CC5)cc4OC)nc32)CC1. The number of piperazine rings is 1. The first-order chi connectivity index (χ1) is 18.4. The molecule has 2 aromatic heterocycles. The first kappa shape index (κ1) is 26.0. The van der Waals surface area contributed by atoms with Crippen LogP contribution < -0.4 is 20.5 Å². The molecule has 4 heterocycles. The second-order valence-corrected chi connectivity index (χ2v) is 10.2. The number of likely N-dealkylation sites (N-methyl/N-ethyl adjacent to an activating group) is 1. The van der Waals surface area contributed by atoms with E-state index in [1.807, 2.05) is 30.9 Å². The lowest BCUT2D eigenvalue weighted by atomic mass is 10.0. The summed E-state index contributed by atoms with van der Waals surface area (Å²) in [5.41, 5.74) is 3.27. The van der Waals surface area contributed by atoms with Gasteiger partial charge in [0.1, 0.15) is 11.4 Å². The first-order valence-corrected chi connectivity index (χ1v) is 13.4. The van der Waals surface area contributed by atoms with Crippen LogP contribution in [-0.4, -0.2) is 83.7 Å². The first-order valence-electron chi connectivity index (χ1n) is 13.4. The summed E-state index contributed by atoms with van der Waals surface area (Å²) in [6.07, 6.45) is 3.72. The lowest BCUT2D eigenvalue weighted by molar-refractivity contribution is -0.132. The Kier molecular flexibility index (Phi) is 7.51. The fraction of sp³-hybridized carbons (Fsp3) is 0.500. The number of methoxy groups -OCH3 is 1. The lowest BCUT2D eigenvalue weighted by Crippen LogP contribution is -2.44. The number of hydrogen-bond donors (Lipinski definition) is 1. The van der Waals surface area contributed by atoms with Crippen molar-refractivity contribution in [2.24, 2.45) is 0 Å². The minimum atomic E-state index is -0.0750. The molecule has 202 valence electrons. The number of rotatable bonds is 6. The molecule has 0 unspecified atom stereocenters. The van der Waals surface area contributed by atoms with E-state index in [9.17, 15) is 9.59 Å². The van der Waals surface area contributed by atoms with E-state index in [-0.39, 0.29) is 17.5 Å². The van der Waals surface area contributed by atoms with Crippen molar-refractivity contribution >= 4 is 34.3 Å². The molecule has 2 fully saturated rings. The van der Waals surface area contributed by atoms with Crippen LogP contribution in [0.3, 0.4) is 0 Å². The maximum atomic E-state index is 13.2. The topological polar surface area (TPSA) is 95.8 Å². The number of anilines is 3. The van der Waals surface area contributed by atoms with E-state index in [1.54, 1.807) is 23.9 Å². The van der Waals surface area contributed by atoms with Gasteiger partial charge in [0.25, 0.3) is 5.56 Å². The molecule has 3 aromatic rings. The number of carbonyl (C=O) groups is 1. The van der Waals surface area contributed by atoms with Gasteiger partial charge in [-0.05, 0) is 44.5 Å². The van der Waals surface area contributed by atoms with Crippen molar-refractivity contribution in [2.45, 2.75) is 39.2 Å². The van der Waals surface area contributed by atoms with Gasteiger partial charge in [-0.2, -0.15) is 4.98 Å². The van der Waals surface area contributed by atoms with Crippen molar-refractivity contribution in [1.29, 1.82) is 0 Å². The van der Waals surface area contributed by atoms with Crippen molar-refractivity contribution in [1.82, 2.24) is 24.3 Å². The van der Waals surface area contributed by atoms with Gasteiger partial charge < -0.3 is 24.8 Å². The molecular formula is C28H37N7O3. The molecule has 5 rings (SSSR count). The third-order valence-electron chi connectivity index (χ3n) is 7.78. The molecule has 38 heavy (non-hydrogen) atoms. The summed E-state index contributed by atoms with van der Waals surface area (Å²) >= 11 is 0. The molecule has 2 saturated heterocycles. The smallest absolute Gasteiger partial charge is 0.252 e. The van der Waals surface area contributed by atoms with Crippen molar-refractivity contribution < 1.29 is 9.53 Å². The zero-order valence-electron chi connectivity index (χ0n) is 22.7. The van der Waals surface area contributed by atoms with Crippen LogP contribution in [0.25, 0.3) is 11.0 Å². The maximum Gasteiger partial charge on any atom is 0.252 e. The molecular weight excluding hydrogens is 482 g/mol. The van der Waals surface area contributed by atoms with Crippen molar-refractivity contribution in [3.05, 3.63) is 46.4 Å². The summed E-state index contributed by atoms with van der Waals surface area (Å²) in [4.78, 5) is 41.3. The number of piperidine rings is 1. The third-order valence-corrected chi connectivity index (χ3v) is 7.78. The van der Waals surface area contributed by atoms with E-state index in [4.69, 9.17) is 9.72 Å². The number of aryl methyl sites for hydroxylation is 1. The maximum absolute atomic E-state index is 13.2. The van der Waals surface area contributed by atoms with E-state index in [1.165, 1.54) is 0 Å². The Bertz CT molecular complexity index is 1370. The number of carbonyl (C=O) groups excluding carboxylic acids is 1. The van der Waals surface area contributed by atoms with E-state index in [2.05, 4.69) is 33.2 Å². The summed E-state index contributed by atoms with van der Waals surface area (Å²) < 4.78 is 7.50. The van der Waals surface area contributed by atoms with Crippen LogP contribution in [0.2, 0.25) is 0 Å². The predicted molar refractivity (Wildman–Crippen MR) is 150 cm³/mol. The Morgan fingerprint density at radius 1 is 1.11 bits per heavy atom. The number of pyridine rings is 1. The molecule has 2 aliphatic rings. The summed E-state index contributed by atoms with van der Waals surface area (Å²) in [6, 6.07) is 7.75. The zero-order valence-corrected chi connectivity index (χ0v) is 22.7. The van der Waals surface area contributed by atoms with Crippen LogP contribution in [0.4, 0.5) is 17.3 Å². The van der Waals surface area contributed by atoms with Gasteiger partial charge in [0.2, 0.25) is 11.9 Å². The zero-order chi connectivity index (χ0) is 26.8. The molecule has 0 aliphatic carbocycles. The molecule has 0 bridgehead atoms. The highest BCUT2D eigenvalue weighted by Crippen LogP contribution is 2.32. The number of benzene rings is 1. The van der Waals surface area contributed by atoms with E-state index in [0.717, 1.165) is 61.3 Å². The summed E-state index contributed by atoms with van der Waals surface area (Å²) in [5.74, 6) is 1.27. The molecule has 10 nitrogen and oxygen atoms in total. The van der Waals surface area contributed by atoms with Gasteiger partial charge in [-0.3, -0.25) is 14.2 Å². The second kappa shape index (κ2) is 11.0. The van der Waals surface area contributed by atoms with Crippen LogP contribution >= 0.6 is 0 Å². The minimum absolute atomic E-state index is 0.0216. The molecule has 10 heteroatoms. The highest BCUT2D eigenvalue weighted by atomic mass is 16.5. The van der Waals surface area contributed by atoms with Gasteiger partial charge in [-0.25, -0.2) is 4.98 Å². The summed E-state index contributed by atoms with van der Waals surface area (Å²) in [6.45, 7) is 9.09. The van der Waals surface area contributed by atoms with E-state index >= 15 is 0 Å². The van der Waals surface area contributed by atoms with Crippen LogP contribution in [0.15, 0.2) is 35.3 Å². The molecule has 0 radical (unpaired) electrons. The monoisotopic (exact) mass is 519 g/mol. The Balaban J connectivity index is 1.43. The minimum Gasteiger partial charge on any atom is -0.494 e. The number of hydrogen-bond acceptors (Lipinski definition) is 8. The predicted octanol–water partition coefficient (Wildman–Crippen LogP) is 3.18. The number of ether oxygens (including phenoxy) is 1. The van der Waals surface area contributed by atoms with Crippen molar-refractivity contribution in [3.63, 3.8) is 0 Å². The van der Waals surface area contributed by atoms with E-state index in [0.29, 0.717) is 36.9 Å². The van der Waals surface area contributed by atoms with Crippen LogP contribution in [0.1, 0.15) is 37.8 Å². The molecule has 2 aliphatic heterocycles. The molecule has 0 saturated carbocycles. The highest BCUT2D eigenvalue weighted by Gasteiger charge is 2.26. The summed E-state index contributed by atoms with van der Waals surface area (Å²) in [5, 5.41) is 4.16. The number of likely N-dealkylation sites (tertiary alicyclic amines) is 1. The third kappa shape index (κ3) is 5.18. The highest BCUT2D eigenvalue weighted by molar-refractivity contribution is 5.80. The Morgan fingerprint density at radius 3 is 2.53 bits per heavy atom. The average molecular weight is 520 g/mol.